The van der Waals surface area contributed by atoms with Crippen molar-refractivity contribution in [2.75, 3.05) is 63.8 Å². The summed E-state index contributed by atoms with van der Waals surface area (Å²) in [6, 6.07) is 7.85. The average Bonchev–Trinajstić information content (AvgIpc) is 2.68. The lowest BCUT2D eigenvalue weighted by Crippen LogP contribution is -2.56. The Morgan fingerprint density at radius 2 is 1.68 bits per heavy atom. The lowest BCUT2D eigenvalue weighted by atomic mass is 9.91. The molecule has 152 valence electrons. The minimum Gasteiger partial charge on any atom is -0.478 e. The maximum absolute atomic E-state index is 12.7. The van der Waals surface area contributed by atoms with Crippen LogP contribution in [0.3, 0.4) is 0 Å². The van der Waals surface area contributed by atoms with Gasteiger partial charge in [0.05, 0.1) is 12.1 Å². The van der Waals surface area contributed by atoms with Crippen molar-refractivity contribution < 1.29 is 14.7 Å². The molecule has 0 unspecified atom stereocenters. The number of amides is 1. The molecule has 1 amide bonds. The summed E-state index contributed by atoms with van der Waals surface area (Å²) in [5, 5.41) is 9.16. The second-order valence-corrected chi connectivity index (χ2v) is 8.12. The van der Waals surface area contributed by atoms with Gasteiger partial charge < -0.3 is 14.9 Å². The third-order valence-electron chi connectivity index (χ3n) is 6.45. The van der Waals surface area contributed by atoms with Crippen LogP contribution >= 0.6 is 0 Å². The third-order valence-corrected chi connectivity index (χ3v) is 6.45. The number of hydrogen-bond donors (Lipinski definition) is 1. The van der Waals surface area contributed by atoms with Gasteiger partial charge in [-0.15, -0.1) is 0 Å². The summed E-state index contributed by atoms with van der Waals surface area (Å²) in [4.78, 5) is 32.8. The van der Waals surface area contributed by atoms with E-state index in [2.05, 4.69) is 14.7 Å². The van der Waals surface area contributed by atoms with E-state index in [1.807, 2.05) is 11.0 Å². The molecule has 4 rings (SSSR count). The number of carbonyl (C=O) groups excluding carboxylic acids is 1. The molecule has 1 aromatic rings. The monoisotopic (exact) mass is 386 g/mol. The molecule has 7 nitrogen and oxygen atoms in total. The van der Waals surface area contributed by atoms with Crippen molar-refractivity contribution in [3.8, 4) is 0 Å². The van der Waals surface area contributed by atoms with Crippen LogP contribution in [0.4, 0.5) is 5.69 Å². The van der Waals surface area contributed by atoms with Crippen molar-refractivity contribution in [3.05, 3.63) is 29.8 Å². The summed E-state index contributed by atoms with van der Waals surface area (Å²) in [6.07, 6.45) is 4.01. The van der Waals surface area contributed by atoms with Gasteiger partial charge in [0, 0.05) is 64.1 Å². The molecule has 0 spiro atoms. The summed E-state index contributed by atoms with van der Waals surface area (Å²) < 4.78 is 0. The third kappa shape index (κ3) is 4.31. The fourth-order valence-electron chi connectivity index (χ4n) is 4.38. The van der Waals surface area contributed by atoms with E-state index in [4.69, 9.17) is 5.11 Å². The predicted molar refractivity (Wildman–Crippen MR) is 108 cm³/mol. The van der Waals surface area contributed by atoms with Crippen LogP contribution in [0.5, 0.6) is 0 Å². The van der Waals surface area contributed by atoms with Crippen molar-refractivity contribution in [2.45, 2.75) is 25.3 Å². The van der Waals surface area contributed by atoms with E-state index in [-0.39, 0.29) is 5.91 Å². The number of piperazine rings is 2. The molecular weight excluding hydrogens is 356 g/mol. The first kappa shape index (κ1) is 19.2. The fraction of sp³-hybridized carbons (Fsp3) is 0.619. The zero-order valence-electron chi connectivity index (χ0n) is 16.4. The predicted octanol–water partition coefficient (Wildman–Crippen LogP) is 1.20. The summed E-state index contributed by atoms with van der Waals surface area (Å²) in [5.74, 6) is -0.655. The smallest absolute Gasteiger partial charge is 0.335 e. The maximum atomic E-state index is 12.7. The van der Waals surface area contributed by atoms with Crippen LogP contribution in [-0.2, 0) is 4.79 Å². The van der Waals surface area contributed by atoms with E-state index in [1.54, 1.807) is 18.2 Å². The summed E-state index contributed by atoms with van der Waals surface area (Å²) in [6.45, 7) is 7.52. The molecule has 1 aliphatic carbocycles. The number of nitrogens with zero attached hydrogens (tertiary/aromatic N) is 4. The van der Waals surface area contributed by atoms with E-state index in [9.17, 15) is 9.59 Å². The first-order valence-electron chi connectivity index (χ1n) is 10.4. The van der Waals surface area contributed by atoms with Gasteiger partial charge in [0.1, 0.15) is 0 Å². The molecule has 1 N–H and O–H groups in total. The SMILES string of the molecule is O=C(O)c1cccc(N2CCN(CC(=O)N3CCN(C4CCC4)CC3)CC2)c1. The van der Waals surface area contributed by atoms with Gasteiger partial charge >= 0.3 is 5.97 Å². The molecule has 0 aromatic heterocycles. The standard InChI is InChI=1S/C21H30N4O3/c26-20(25-13-11-23(12-14-25)18-4-2-5-18)16-22-7-9-24(10-8-22)19-6-1-3-17(15-19)21(27)28/h1,3,6,15,18H,2,4-5,7-14,16H2,(H,27,28). The topological polar surface area (TPSA) is 67.3 Å². The second kappa shape index (κ2) is 8.49. The molecule has 2 heterocycles. The van der Waals surface area contributed by atoms with Gasteiger partial charge in [-0.3, -0.25) is 14.6 Å². The molecule has 0 radical (unpaired) electrons. The fourth-order valence-corrected chi connectivity index (χ4v) is 4.38. The van der Waals surface area contributed by atoms with Crippen LogP contribution in [0.15, 0.2) is 24.3 Å². The first-order chi connectivity index (χ1) is 13.6. The van der Waals surface area contributed by atoms with Gasteiger partial charge in [-0.2, -0.15) is 0 Å². The number of hydrogen-bond acceptors (Lipinski definition) is 5. The molecule has 2 aliphatic heterocycles. The zero-order chi connectivity index (χ0) is 19.5. The molecule has 1 saturated carbocycles. The largest absolute Gasteiger partial charge is 0.478 e. The summed E-state index contributed by atoms with van der Waals surface area (Å²) in [5.41, 5.74) is 1.26. The number of carboxylic acid groups (broad SMARTS) is 1. The van der Waals surface area contributed by atoms with Crippen LogP contribution in [0.1, 0.15) is 29.6 Å². The number of aromatic carboxylic acids is 1. The van der Waals surface area contributed by atoms with Crippen LogP contribution in [0, 0.1) is 0 Å². The van der Waals surface area contributed by atoms with Gasteiger partial charge in [-0.1, -0.05) is 12.5 Å². The minimum atomic E-state index is -0.900. The maximum Gasteiger partial charge on any atom is 0.335 e. The van der Waals surface area contributed by atoms with Gasteiger partial charge in [0.2, 0.25) is 5.91 Å². The lowest BCUT2D eigenvalue weighted by molar-refractivity contribution is -0.134. The molecule has 3 aliphatic rings. The highest BCUT2D eigenvalue weighted by molar-refractivity contribution is 5.88. The number of carbonyl (C=O) groups is 2. The van der Waals surface area contributed by atoms with Gasteiger partial charge in [-0.05, 0) is 31.0 Å². The Kier molecular flexibility index (Phi) is 5.82. The second-order valence-electron chi connectivity index (χ2n) is 8.12. The minimum absolute atomic E-state index is 0.245. The molecule has 3 fully saturated rings. The van der Waals surface area contributed by atoms with E-state index >= 15 is 0 Å². The quantitative estimate of drug-likeness (QED) is 0.820. The van der Waals surface area contributed by atoms with E-state index in [0.717, 1.165) is 64.1 Å². The van der Waals surface area contributed by atoms with Gasteiger partial charge in [0.25, 0.3) is 0 Å². The molecule has 7 heteroatoms. The normalized spacial score (nSPS) is 22.1. The average molecular weight is 386 g/mol. The Labute approximate surface area is 166 Å². The Morgan fingerprint density at radius 1 is 0.964 bits per heavy atom. The van der Waals surface area contributed by atoms with E-state index in [1.165, 1.54) is 19.3 Å². The van der Waals surface area contributed by atoms with Crippen LogP contribution in [0.2, 0.25) is 0 Å². The lowest BCUT2D eigenvalue weighted by Gasteiger charge is -2.43. The molecule has 28 heavy (non-hydrogen) atoms. The van der Waals surface area contributed by atoms with E-state index in [0.29, 0.717) is 12.1 Å². The highest BCUT2D eigenvalue weighted by Gasteiger charge is 2.30. The Hall–Kier alpha value is -2.12. The van der Waals surface area contributed by atoms with Gasteiger partial charge in [0.15, 0.2) is 0 Å². The van der Waals surface area contributed by atoms with Gasteiger partial charge in [-0.25, -0.2) is 4.79 Å². The molecule has 0 atom stereocenters. The molecule has 2 saturated heterocycles. The van der Waals surface area contributed by atoms with Crippen LogP contribution in [0.25, 0.3) is 0 Å². The van der Waals surface area contributed by atoms with Crippen molar-refractivity contribution in [3.63, 3.8) is 0 Å². The summed E-state index contributed by atoms with van der Waals surface area (Å²) >= 11 is 0. The Bertz CT molecular complexity index is 705. The molecule has 1 aromatic carbocycles. The highest BCUT2D eigenvalue weighted by Crippen LogP contribution is 2.25. The Balaban J connectivity index is 1.22. The molecular formula is C21H30N4O3. The summed E-state index contributed by atoms with van der Waals surface area (Å²) in [7, 11) is 0. The Morgan fingerprint density at radius 3 is 2.29 bits per heavy atom. The first-order valence-corrected chi connectivity index (χ1v) is 10.4. The van der Waals surface area contributed by atoms with Crippen molar-refractivity contribution in [1.29, 1.82) is 0 Å². The van der Waals surface area contributed by atoms with Crippen LogP contribution < -0.4 is 4.90 Å². The van der Waals surface area contributed by atoms with Crippen molar-refractivity contribution in [2.24, 2.45) is 0 Å². The molecule has 0 bridgehead atoms. The number of rotatable bonds is 5. The zero-order valence-corrected chi connectivity index (χ0v) is 16.4. The van der Waals surface area contributed by atoms with Crippen molar-refractivity contribution >= 4 is 17.6 Å². The number of carboxylic acids is 1. The highest BCUT2D eigenvalue weighted by atomic mass is 16.4. The van der Waals surface area contributed by atoms with Crippen molar-refractivity contribution in [1.82, 2.24) is 14.7 Å². The number of benzene rings is 1. The van der Waals surface area contributed by atoms with Crippen LogP contribution in [-0.4, -0.2) is 96.6 Å². The van der Waals surface area contributed by atoms with E-state index < -0.39 is 5.97 Å². The number of anilines is 1.